The highest BCUT2D eigenvalue weighted by Crippen LogP contribution is 2.25. The summed E-state index contributed by atoms with van der Waals surface area (Å²) < 4.78 is 6.00. The molecule has 0 aliphatic rings. The van der Waals surface area contributed by atoms with Crippen molar-refractivity contribution >= 4 is 21.3 Å². The zero-order chi connectivity index (χ0) is 17.2. The van der Waals surface area contributed by atoms with Crippen molar-refractivity contribution < 1.29 is 4.74 Å². The molecule has 0 fully saturated rings. The second kappa shape index (κ2) is 6.75. The normalized spacial score (nSPS) is 13.7. The van der Waals surface area contributed by atoms with E-state index in [-0.39, 0.29) is 5.41 Å². The number of hydrogen-bond acceptors (Lipinski definition) is 1. The van der Waals surface area contributed by atoms with Crippen molar-refractivity contribution in [2.24, 2.45) is 0 Å². The van der Waals surface area contributed by atoms with Crippen LogP contribution in [0.4, 0.5) is 0 Å². The summed E-state index contributed by atoms with van der Waals surface area (Å²) in [5.41, 5.74) is 1.57. The van der Waals surface area contributed by atoms with Gasteiger partial charge in [-0.05, 0) is 28.3 Å². The van der Waals surface area contributed by atoms with E-state index in [0.717, 1.165) is 11.8 Å². The quantitative estimate of drug-likeness (QED) is 0.491. The Bertz CT molecular complexity index is 526. The average molecular weight is 335 g/mol. The van der Waals surface area contributed by atoms with Crippen LogP contribution in [-0.2, 0) is 5.41 Å². The first kappa shape index (κ1) is 19.2. The first-order valence-corrected chi connectivity index (χ1v) is 15.5. The summed E-state index contributed by atoms with van der Waals surface area (Å²) in [6, 6.07) is 7.90. The molecule has 0 bridgehead atoms. The Morgan fingerprint density at radius 3 is 2.05 bits per heavy atom. The van der Waals surface area contributed by atoms with Crippen molar-refractivity contribution in [3.8, 4) is 5.75 Å². The molecular weight excluding hydrogens is 300 g/mol. The van der Waals surface area contributed by atoms with Gasteiger partial charge in [0.25, 0.3) is 0 Å². The van der Waals surface area contributed by atoms with E-state index in [2.05, 4.69) is 84.3 Å². The number of ether oxygens (including phenoxy) is 1. The molecule has 0 saturated carbocycles. The largest absolute Gasteiger partial charge is 0.465 e. The number of rotatable bonds is 5. The molecule has 1 rings (SSSR count). The lowest BCUT2D eigenvalue weighted by molar-refractivity contribution is 0.482. The molecule has 1 aromatic carbocycles. The van der Waals surface area contributed by atoms with Gasteiger partial charge in [0.1, 0.15) is 5.75 Å². The first-order chi connectivity index (χ1) is 9.81. The van der Waals surface area contributed by atoms with Gasteiger partial charge in [-0.2, -0.15) is 0 Å². The fraction of sp³-hybridized carbons (Fsp3) is 0.579. The fourth-order valence-corrected chi connectivity index (χ4v) is 4.48. The summed E-state index contributed by atoms with van der Waals surface area (Å²) in [4.78, 5) is 0. The van der Waals surface area contributed by atoms with Crippen LogP contribution in [0.15, 0.2) is 30.5 Å². The van der Waals surface area contributed by atoms with Gasteiger partial charge in [-0.25, -0.2) is 0 Å². The fourth-order valence-electron chi connectivity index (χ4n) is 2.21. The zero-order valence-electron chi connectivity index (χ0n) is 16.0. The predicted molar refractivity (Wildman–Crippen MR) is 106 cm³/mol. The minimum atomic E-state index is -1.44. The van der Waals surface area contributed by atoms with Gasteiger partial charge in [0.15, 0.2) is 0 Å². The van der Waals surface area contributed by atoms with Gasteiger partial charge >= 0.3 is 0 Å². The van der Waals surface area contributed by atoms with E-state index >= 15 is 0 Å². The van der Waals surface area contributed by atoms with Gasteiger partial charge in [-0.15, -0.1) is 0 Å². The lowest BCUT2D eigenvalue weighted by Gasteiger charge is -2.25. The average Bonchev–Trinajstić information content (AvgIpc) is 2.31. The summed E-state index contributed by atoms with van der Waals surface area (Å²) in [6.07, 6.45) is 4.09. The minimum absolute atomic E-state index is 0.181. The van der Waals surface area contributed by atoms with Crippen LogP contribution in [0.3, 0.4) is 0 Å². The van der Waals surface area contributed by atoms with Crippen molar-refractivity contribution in [1.29, 1.82) is 0 Å². The maximum Gasteiger partial charge on any atom is 0.125 e. The van der Waals surface area contributed by atoms with Gasteiger partial charge in [0, 0.05) is 8.07 Å². The molecule has 0 atom stereocenters. The molecule has 0 aromatic heterocycles. The van der Waals surface area contributed by atoms with Crippen molar-refractivity contribution in [3.63, 3.8) is 0 Å². The minimum Gasteiger partial charge on any atom is -0.465 e. The van der Waals surface area contributed by atoms with E-state index in [1.165, 1.54) is 10.8 Å². The molecule has 0 saturated heterocycles. The van der Waals surface area contributed by atoms with Gasteiger partial charge in [-0.1, -0.05) is 78.3 Å². The summed E-state index contributed by atoms with van der Waals surface area (Å²) in [5.74, 6) is 1.04. The predicted octanol–water partition coefficient (Wildman–Crippen LogP) is 5.76. The molecule has 0 aliphatic heterocycles. The van der Waals surface area contributed by atoms with Crippen LogP contribution in [0, 0.1) is 0 Å². The van der Waals surface area contributed by atoms with Crippen LogP contribution in [0.2, 0.25) is 45.3 Å². The standard InChI is InChI=1S/C19H34OSi2/c1-19(2,3)16-11-12-17(18(15-16)22(7,8)9)20-13-10-14-21(4,5)6/h10-13,15H,14H2,1-9H3/b13-10-. The van der Waals surface area contributed by atoms with Gasteiger partial charge in [0.05, 0.1) is 14.3 Å². The molecule has 0 heterocycles. The van der Waals surface area contributed by atoms with Crippen LogP contribution < -0.4 is 9.92 Å². The molecular formula is C19H34OSi2. The van der Waals surface area contributed by atoms with E-state index in [4.69, 9.17) is 4.74 Å². The van der Waals surface area contributed by atoms with Crippen molar-refractivity contribution in [3.05, 3.63) is 36.1 Å². The second-order valence-corrected chi connectivity index (χ2v) is 20.0. The molecule has 1 nitrogen and oxygen atoms in total. The highest BCUT2D eigenvalue weighted by atomic mass is 28.3. The Morgan fingerprint density at radius 1 is 1.00 bits per heavy atom. The van der Waals surface area contributed by atoms with Gasteiger partial charge < -0.3 is 4.74 Å². The summed E-state index contributed by atoms with van der Waals surface area (Å²) in [6.45, 7) is 21.1. The van der Waals surface area contributed by atoms with Crippen LogP contribution in [0.1, 0.15) is 26.3 Å². The molecule has 0 spiro atoms. The molecule has 124 valence electrons. The van der Waals surface area contributed by atoms with Crippen molar-refractivity contribution in [1.82, 2.24) is 0 Å². The molecule has 0 unspecified atom stereocenters. The Kier molecular flexibility index (Phi) is 5.91. The highest BCUT2D eigenvalue weighted by molar-refractivity contribution is 6.89. The third kappa shape index (κ3) is 6.13. The van der Waals surface area contributed by atoms with Gasteiger partial charge in [0.2, 0.25) is 0 Å². The summed E-state index contributed by atoms with van der Waals surface area (Å²) in [7, 11) is -2.47. The number of hydrogen-bond donors (Lipinski definition) is 0. The smallest absolute Gasteiger partial charge is 0.125 e. The molecule has 0 N–H and O–H groups in total. The molecule has 0 amide bonds. The maximum atomic E-state index is 6.00. The molecule has 0 radical (unpaired) electrons. The lowest BCUT2D eigenvalue weighted by Crippen LogP contribution is -2.39. The monoisotopic (exact) mass is 334 g/mol. The number of benzene rings is 1. The third-order valence-corrected chi connectivity index (χ3v) is 7.14. The molecule has 0 aliphatic carbocycles. The Balaban J connectivity index is 3.05. The van der Waals surface area contributed by atoms with Crippen molar-refractivity contribution in [2.75, 3.05) is 0 Å². The van der Waals surface area contributed by atoms with E-state index in [1.54, 1.807) is 0 Å². The molecule has 1 aromatic rings. The SMILES string of the molecule is CC(C)(C)c1ccc(O/C=C\C[Si](C)(C)C)c([Si](C)(C)C)c1. The molecule has 22 heavy (non-hydrogen) atoms. The van der Waals surface area contributed by atoms with E-state index in [0.29, 0.717) is 0 Å². The van der Waals surface area contributed by atoms with E-state index in [1.807, 2.05) is 6.26 Å². The summed E-state index contributed by atoms with van der Waals surface area (Å²) >= 11 is 0. The van der Waals surface area contributed by atoms with Crippen LogP contribution in [0.25, 0.3) is 0 Å². The Labute approximate surface area is 139 Å². The van der Waals surface area contributed by atoms with Gasteiger partial charge in [-0.3, -0.25) is 0 Å². The Hall–Kier alpha value is -0.806. The van der Waals surface area contributed by atoms with E-state index in [9.17, 15) is 0 Å². The number of allylic oxidation sites excluding steroid dienone is 1. The third-order valence-electron chi connectivity index (χ3n) is 3.68. The summed E-state index contributed by atoms with van der Waals surface area (Å²) in [5, 5.41) is 1.41. The second-order valence-electron chi connectivity index (χ2n) is 9.47. The topological polar surface area (TPSA) is 9.23 Å². The highest BCUT2D eigenvalue weighted by Gasteiger charge is 2.24. The zero-order valence-corrected chi connectivity index (χ0v) is 18.0. The lowest BCUT2D eigenvalue weighted by atomic mass is 9.87. The molecule has 3 heteroatoms. The van der Waals surface area contributed by atoms with Crippen LogP contribution in [0.5, 0.6) is 5.75 Å². The Morgan fingerprint density at radius 2 is 1.59 bits per heavy atom. The first-order valence-electron chi connectivity index (χ1n) is 8.27. The van der Waals surface area contributed by atoms with E-state index < -0.39 is 16.1 Å². The van der Waals surface area contributed by atoms with Crippen molar-refractivity contribution in [2.45, 2.75) is 71.5 Å². The van der Waals surface area contributed by atoms with Crippen LogP contribution in [-0.4, -0.2) is 16.1 Å². The van der Waals surface area contributed by atoms with Crippen LogP contribution >= 0.6 is 0 Å². The maximum absolute atomic E-state index is 6.00.